The first kappa shape index (κ1) is 19.2. The van der Waals surface area contributed by atoms with Crippen LogP contribution in [-0.4, -0.2) is 48.5 Å². The lowest BCUT2D eigenvalue weighted by Crippen LogP contribution is -2.48. The normalized spacial score (nSPS) is 15.2. The molecule has 2 heterocycles. The Balaban J connectivity index is 1.53. The Kier molecular flexibility index (Phi) is 6.24. The van der Waals surface area contributed by atoms with Crippen LogP contribution in [-0.2, 0) is 4.79 Å². The van der Waals surface area contributed by atoms with E-state index in [1.54, 1.807) is 6.07 Å². The van der Waals surface area contributed by atoms with Crippen LogP contribution in [0.15, 0.2) is 30.5 Å². The molecule has 0 unspecified atom stereocenters. The fourth-order valence-electron chi connectivity index (χ4n) is 2.95. The van der Waals surface area contributed by atoms with Crippen molar-refractivity contribution >= 4 is 52.2 Å². The number of aromatic nitrogens is 1. The van der Waals surface area contributed by atoms with Gasteiger partial charge in [-0.25, -0.2) is 4.98 Å². The van der Waals surface area contributed by atoms with E-state index in [1.165, 1.54) is 11.8 Å². The molecule has 1 aliphatic heterocycles. The number of aryl methyl sites for hydroxylation is 1. The van der Waals surface area contributed by atoms with Crippen LogP contribution in [0.1, 0.15) is 5.56 Å². The summed E-state index contributed by atoms with van der Waals surface area (Å²) in [6, 6.07) is 7.47. The molecule has 1 amide bonds. The van der Waals surface area contributed by atoms with Gasteiger partial charge in [-0.15, -0.1) is 0 Å². The lowest BCUT2D eigenvalue weighted by atomic mass is 10.1. The quantitative estimate of drug-likeness (QED) is 0.819. The van der Waals surface area contributed by atoms with Crippen molar-refractivity contribution in [2.45, 2.75) is 6.92 Å². The third kappa shape index (κ3) is 4.80. The highest BCUT2D eigenvalue weighted by Crippen LogP contribution is 2.25. The molecule has 8 heteroatoms. The molecule has 1 N–H and O–H groups in total. The maximum atomic E-state index is 12.3. The van der Waals surface area contributed by atoms with Gasteiger partial charge in [0.25, 0.3) is 0 Å². The Morgan fingerprint density at radius 2 is 1.85 bits per heavy atom. The highest BCUT2D eigenvalue weighted by Gasteiger charge is 2.21. The molecule has 0 bridgehead atoms. The summed E-state index contributed by atoms with van der Waals surface area (Å²) in [5.74, 6) is 0.184. The summed E-state index contributed by atoms with van der Waals surface area (Å²) in [7, 11) is 0. The molecule has 1 aromatic heterocycles. The van der Waals surface area contributed by atoms with Crippen molar-refractivity contribution in [3.05, 3.63) is 51.1 Å². The standard InChI is InChI=1S/C18H19Cl3N4O/c1-12-2-3-13(19)9-16(12)25-6-4-24(5-7-25)11-17(26)23-18-15(21)8-14(20)10-22-18/h2-3,8-10H,4-7,11H2,1H3,(H,22,23,26). The average Bonchev–Trinajstić information content (AvgIpc) is 2.60. The number of nitrogens with zero attached hydrogens (tertiary/aromatic N) is 3. The third-order valence-corrected chi connectivity index (χ3v) is 5.05. The van der Waals surface area contributed by atoms with Crippen LogP contribution in [0.2, 0.25) is 15.1 Å². The molecule has 1 aliphatic rings. The number of carbonyl (C=O) groups is 1. The lowest BCUT2D eigenvalue weighted by molar-refractivity contribution is -0.117. The van der Waals surface area contributed by atoms with E-state index in [0.717, 1.165) is 36.9 Å². The number of hydrogen-bond donors (Lipinski definition) is 1. The fraction of sp³-hybridized carbons (Fsp3) is 0.333. The second-order valence-corrected chi connectivity index (χ2v) is 7.51. The van der Waals surface area contributed by atoms with E-state index in [2.05, 4.69) is 27.0 Å². The Morgan fingerprint density at radius 3 is 2.54 bits per heavy atom. The van der Waals surface area contributed by atoms with Crippen molar-refractivity contribution in [1.29, 1.82) is 0 Å². The molecular formula is C18H19Cl3N4O. The molecular weight excluding hydrogens is 395 g/mol. The minimum atomic E-state index is -0.144. The second-order valence-electron chi connectivity index (χ2n) is 6.23. The smallest absolute Gasteiger partial charge is 0.239 e. The zero-order valence-electron chi connectivity index (χ0n) is 14.3. The van der Waals surface area contributed by atoms with E-state index < -0.39 is 0 Å². The van der Waals surface area contributed by atoms with E-state index in [1.807, 2.05) is 18.2 Å². The van der Waals surface area contributed by atoms with Gasteiger partial charge in [-0.3, -0.25) is 9.69 Å². The van der Waals surface area contributed by atoms with Gasteiger partial charge in [0.15, 0.2) is 5.82 Å². The summed E-state index contributed by atoms with van der Waals surface area (Å²) in [6.45, 7) is 5.64. The Bertz CT molecular complexity index is 807. The molecule has 0 aliphatic carbocycles. The summed E-state index contributed by atoms with van der Waals surface area (Å²) in [5, 5.41) is 4.22. The zero-order valence-corrected chi connectivity index (χ0v) is 16.6. The molecule has 0 radical (unpaired) electrons. The van der Waals surface area contributed by atoms with Crippen LogP contribution < -0.4 is 10.2 Å². The van der Waals surface area contributed by atoms with Crippen LogP contribution in [0.5, 0.6) is 0 Å². The lowest BCUT2D eigenvalue weighted by Gasteiger charge is -2.36. The van der Waals surface area contributed by atoms with Crippen molar-refractivity contribution in [3.8, 4) is 0 Å². The largest absolute Gasteiger partial charge is 0.369 e. The van der Waals surface area contributed by atoms with Crippen molar-refractivity contribution in [2.75, 3.05) is 42.9 Å². The fourth-order valence-corrected chi connectivity index (χ4v) is 3.55. The van der Waals surface area contributed by atoms with Gasteiger partial charge in [-0.1, -0.05) is 40.9 Å². The van der Waals surface area contributed by atoms with Crippen LogP contribution >= 0.6 is 34.8 Å². The highest BCUT2D eigenvalue weighted by atomic mass is 35.5. The predicted octanol–water partition coefficient (Wildman–Crippen LogP) is 4.11. The van der Waals surface area contributed by atoms with Crippen LogP contribution in [0.3, 0.4) is 0 Å². The first-order chi connectivity index (χ1) is 12.4. The number of rotatable bonds is 4. The van der Waals surface area contributed by atoms with Gasteiger partial charge in [0.2, 0.25) is 5.91 Å². The maximum Gasteiger partial charge on any atom is 0.239 e. The molecule has 1 saturated heterocycles. The summed E-state index contributed by atoms with van der Waals surface area (Å²) >= 11 is 18.0. The molecule has 3 rings (SSSR count). The number of benzene rings is 1. The topological polar surface area (TPSA) is 48.5 Å². The molecule has 0 saturated carbocycles. The number of amides is 1. The minimum absolute atomic E-state index is 0.144. The van der Waals surface area contributed by atoms with Crippen molar-refractivity contribution in [1.82, 2.24) is 9.88 Å². The number of pyridine rings is 1. The van der Waals surface area contributed by atoms with Crippen LogP contribution in [0.4, 0.5) is 11.5 Å². The average molecular weight is 414 g/mol. The number of anilines is 2. The molecule has 26 heavy (non-hydrogen) atoms. The summed E-state index contributed by atoms with van der Waals surface area (Å²) in [5.41, 5.74) is 2.35. The van der Waals surface area contributed by atoms with Crippen molar-refractivity contribution in [2.24, 2.45) is 0 Å². The SMILES string of the molecule is Cc1ccc(Cl)cc1N1CCN(CC(=O)Nc2ncc(Cl)cc2Cl)CC1. The molecule has 5 nitrogen and oxygen atoms in total. The summed E-state index contributed by atoms with van der Waals surface area (Å²) in [4.78, 5) is 20.7. The van der Waals surface area contributed by atoms with E-state index in [9.17, 15) is 4.79 Å². The van der Waals surface area contributed by atoms with Gasteiger partial charge in [-0.2, -0.15) is 0 Å². The molecule has 138 valence electrons. The van der Waals surface area contributed by atoms with Gasteiger partial charge < -0.3 is 10.2 Å². The molecule has 0 atom stereocenters. The van der Waals surface area contributed by atoms with Gasteiger partial charge in [0.05, 0.1) is 16.6 Å². The Morgan fingerprint density at radius 1 is 1.12 bits per heavy atom. The molecule has 0 spiro atoms. The summed E-state index contributed by atoms with van der Waals surface area (Å²) in [6.07, 6.45) is 1.45. The number of hydrogen-bond acceptors (Lipinski definition) is 4. The van der Waals surface area contributed by atoms with Crippen molar-refractivity contribution < 1.29 is 4.79 Å². The Hall–Kier alpha value is -1.53. The monoisotopic (exact) mass is 412 g/mol. The second kappa shape index (κ2) is 8.44. The summed E-state index contributed by atoms with van der Waals surface area (Å²) < 4.78 is 0. The van der Waals surface area contributed by atoms with Gasteiger partial charge >= 0.3 is 0 Å². The van der Waals surface area contributed by atoms with Crippen LogP contribution in [0, 0.1) is 6.92 Å². The molecule has 1 fully saturated rings. The van der Waals surface area contributed by atoms with Gasteiger partial charge in [-0.05, 0) is 30.7 Å². The van der Waals surface area contributed by atoms with E-state index >= 15 is 0 Å². The molecule has 2 aromatic rings. The van der Waals surface area contributed by atoms with Gasteiger partial charge in [0.1, 0.15) is 0 Å². The number of carbonyl (C=O) groups excluding carboxylic acids is 1. The first-order valence-corrected chi connectivity index (χ1v) is 9.40. The highest BCUT2D eigenvalue weighted by molar-refractivity contribution is 6.36. The molecule has 1 aromatic carbocycles. The number of halogens is 3. The van der Waals surface area contributed by atoms with Crippen molar-refractivity contribution in [3.63, 3.8) is 0 Å². The maximum absolute atomic E-state index is 12.3. The minimum Gasteiger partial charge on any atom is -0.369 e. The van der Waals surface area contributed by atoms with E-state index in [-0.39, 0.29) is 5.91 Å². The Labute approximate surface area is 167 Å². The number of piperazine rings is 1. The van der Waals surface area contributed by atoms with E-state index in [4.69, 9.17) is 34.8 Å². The van der Waals surface area contributed by atoms with E-state index in [0.29, 0.717) is 22.4 Å². The first-order valence-electron chi connectivity index (χ1n) is 8.27. The van der Waals surface area contributed by atoms with Crippen LogP contribution in [0.25, 0.3) is 0 Å². The van der Waals surface area contributed by atoms with Gasteiger partial charge in [0, 0.05) is 43.1 Å². The zero-order chi connectivity index (χ0) is 18.7. The third-order valence-electron chi connectivity index (χ3n) is 4.32. The predicted molar refractivity (Wildman–Crippen MR) is 108 cm³/mol. The number of nitrogens with one attached hydrogen (secondary N) is 1.